The van der Waals surface area contributed by atoms with Crippen LogP contribution in [0.3, 0.4) is 0 Å². The molecule has 0 saturated carbocycles. The van der Waals surface area contributed by atoms with E-state index in [9.17, 15) is 9.59 Å². The van der Waals surface area contributed by atoms with Crippen LogP contribution in [0, 0.1) is 5.92 Å². The molecule has 1 aliphatic rings. The highest BCUT2D eigenvalue weighted by atomic mass is 16.5. The predicted octanol–water partition coefficient (Wildman–Crippen LogP) is 3.49. The van der Waals surface area contributed by atoms with Gasteiger partial charge in [0.15, 0.2) is 0 Å². The van der Waals surface area contributed by atoms with Gasteiger partial charge in [0.1, 0.15) is 0 Å². The third-order valence-corrected chi connectivity index (χ3v) is 4.19. The van der Waals surface area contributed by atoms with Crippen molar-refractivity contribution in [2.24, 2.45) is 5.92 Å². The van der Waals surface area contributed by atoms with Gasteiger partial charge in [-0.1, -0.05) is 30.3 Å². The maximum Gasteiger partial charge on any atom is 0.335 e. The zero-order chi connectivity index (χ0) is 16.9. The Morgan fingerprint density at radius 3 is 2.42 bits per heavy atom. The number of rotatable bonds is 4. The molecule has 0 aromatic heterocycles. The number of carboxylic acid groups (broad SMARTS) is 1. The minimum atomic E-state index is -0.988. The number of aromatic carboxylic acids is 1. The molecule has 5 nitrogen and oxygen atoms in total. The normalized spacial score (nSPS) is 20.3. The summed E-state index contributed by atoms with van der Waals surface area (Å²) in [6.45, 7) is 0.649. The van der Waals surface area contributed by atoms with Crippen molar-refractivity contribution in [2.45, 2.75) is 18.9 Å². The minimum Gasteiger partial charge on any atom is -0.478 e. The van der Waals surface area contributed by atoms with Crippen LogP contribution in [-0.2, 0) is 9.53 Å². The van der Waals surface area contributed by atoms with E-state index in [0.29, 0.717) is 12.3 Å². The van der Waals surface area contributed by atoms with Gasteiger partial charge in [0.05, 0.1) is 17.6 Å². The van der Waals surface area contributed by atoms with Crippen LogP contribution in [0.25, 0.3) is 0 Å². The lowest BCUT2D eigenvalue weighted by Crippen LogP contribution is -2.33. The highest BCUT2D eigenvalue weighted by Gasteiger charge is 2.33. The average molecular weight is 325 g/mol. The van der Waals surface area contributed by atoms with E-state index in [0.717, 1.165) is 18.4 Å². The number of hydrogen-bond acceptors (Lipinski definition) is 3. The van der Waals surface area contributed by atoms with Crippen LogP contribution in [0.15, 0.2) is 54.6 Å². The summed E-state index contributed by atoms with van der Waals surface area (Å²) in [5.41, 5.74) is 1.78. The van der Waals surface area contributed by atoms with Gasteiger partial charge in [-0.3, -0.25) is 4.79 Å². The summed E-state index contributed by atoms with van der Waals surface area (Å²) in [7, 11) is 0. The van der Waals surface area contributed by atoms with Gasteiger partial charge in [0.25, 0.3) is 0 Å². The second-order valence-electron chi connectivity index (χ2n) is 5.82. The molecule has 2 aromatic rings. The summed E-state index contributed by atoms with van der Waals surface area (Å²) in [6, 6.07) is 15.9. The molecule has 1 aliphatic heterocycles. The van der Waals surface area contributed by atoms with Crippen molar-refractivity contribution in [3.63, 3.8) is 0 Å². The van der Waals surface area contributed by atoms with Crippen LogP contribution in [0.5, 0.6) is 0 Å². The highest BCUT2D eigenvalue weighted by Crippen LogP contribution is 2.34. The van der Waals surface area contributed by atoms with Gasteiger partial charge in [-0.25, -0.2) is 4.79 Å². The number of hydrogen-bond donors (Lipinski definition) is 2. The monoisotopic (exact) mass is 325 g/mol. The molecule has 124 valence electrons. The number of nitrogens with one attached hydrogen (secondary N) is 1. The molecular weight excluding hydrogens is 306 g/mol. The van der Waals surface area contributed by atoms with Gasteiger partial charge in [-0.15, -0.1) is 0 Å². The molecule has 24 heavy (non-hydrogen) atoms. The fraction of sp³-hybridized carbons (Fsp3) is 0.263. The molecule has 0 spiro atoms. The number of anilines is 1. The molecular formula is C19H19NO4. The Kier molecular flexibility index (Phi) is 4.91. The number of amides is 1. The van der Waals surface area contributed by atoms with Crippen LogP contribution in [0.1, 0.15) is 34.9 Å². The quantitative estimate of drug-likeness (QED) is 0.902. The van der Waals surface area contributed by atoms with Gasteiger partial charge >= 0.3 is 5.97 Å². The maximum atomic E-state index is 12.7. The third-order valence-electron chi connectivity index (χ3n) is 4.19. The molecule has 2 atom stereocenters. The zero-order valence-electron chi connectivity index (χ0n) is 13.1. The maximum absolute atomic E-state index is 12.7. The Morgan fingerprint density at radius 2 is 1.75 bits per heavy atom. The Bertz CT molecular complexity index is 712. The van der Waals surface area contributed by atoms with Crippen LogP contribution in [0.2, 0.25) is 0 Å². The summed E-state index contributed by atoms with van der Waals surface area (Å²) >= 11 is 0. The van der Waals surface area contributed by atoms with Crippen LogP contribution < -0.4 is 5.32 Å². The first-order valence-electron chi connectivity index (χ1n) is 7.96. The van der Waals surface area contributed by atoms with Crippen molar-refractivity contribution in [3.8, 4) is 0 Å². The molecule has 1 amide bonds. The van der Waals surface area contributed by atoms with Crippen molar-refractivity contribution in [3.05, 3.63) is 65.7 Å². The summed E-state index contributed by atoms with van der Waals surface area (Å²) in [5.74, 6) is -1.36. The zero-order valence-corrected chi connectivity index (χ0v) is 13.1. The van der Waals surface area contributed by atoms with E-state index in [4.69, 9.17) is 9.84 Å². The Balaban J connectivity index is 1.73. The topological polar surface area (TPSA) is 75.6 Å². The molecule has 0 bridgehead atoms. The molecule has 0 aliphatic carbocycles. The predicted molar refractivity (Wildman–Crippen MR) is 89.9 cm³/mol. The van der Waals surface area contributed by atoms with Gasteiger partial charge in [-0.2, -0.15) is 0 Å². The fourth-order valence-electron chi connectivity index (χ4n) is 2.95. The summed E-state index contributed by atoms with van der Waals surface area (Å²) in [4.78, 5) is 23.5. The van der Waals surface area contributed by atoms with Crippen molar-refractivity contribution in [2.75, 3.05) is 11.9 Å². The smallest absolute Gasteiger partial charge is 0.335 e. The molecule has 1 saturated heterocycles. The summed E-state index contributed by atoms with van der Waals surface area (Å²) < 4.78 is 5.85. The van der Waals surface area contributed by atoms with E-state index < -0.39 is 5.97 Å². The third kappa shape index (κ3) is 3.63. The van der Waals surface area contributed by atoms with E-state index in [1.165, 1.54) is 12.1 Å². The second-order valence-corrected chi connectivity index (χ2v) is 5.82. The Labute approximate surface area is 140 Å². The molecule has 2 aromatic carbocycles. The van der Waals surface area contributed by atoms with E-state index in [2.05, 4.69) is 5.32 Å². The van der Waals surface area contributed by atoms with Gasteiger partial charge in [-0.05, 0) is 42.7 Å². The van der Waals surface area contributed by atoms with Gasteiger partial charge in [0, 0.05) is 12.3 Å². The molecule has 2 unspecified atom stereocenters. The largest absolute Gasteiger partial charge is 0.478 e. The average Bonchev–Trinajstić information content (AvgIpc) is 2.63. The van der Waals surface area contributed by atoms with Crippen molar-refractivity contribution in [1.82, 2.24) is 0 Å². The van der Waals surface area contributed by atoms with E-state index >= 15 is 0 Å². The molecule has 2 N–H and O–H groups in total. The molecule has 1 heterocycles. The first-order chi connectivity index (χ1) is 11.6. The standard InChI is InChI=1S/C19H19NO4/c21-18(20-15-10-8-14(9-11-15)19(22)23)16-7-4-12-24-17(16)13-5-2-1-3-6-13/h1-3,5-6,8-11,16-17H,4,7,12H2,(H,20,21)(H,22,23). The second kappa shape index (κ2) is 7.27. The molecule has 0 radical (unpaired) electrons. The van der Waals surface area contributed by atoms with Crippen molar-refractivity contribution < 1.29 is 19.4 Å². The first-order valence-corrected chi connectivity index (χ1v) is 7.96. The Hall–Kier alpha value is -2.66. The van der Waals surface area contributed by atoms with E-state index in [-0.39, 0.29) is 23.5 Å². The molecule has 3 rings (SSSR count). The number of ether oxygens (including phenoxy) is 1. The minimum absolute atomic E-state index is 0.105. The van der Waals surface area contributed by atoms with Crippen molar-refractivity contribution >= 4 is 17.6 Å². The van der Waals surface area contributed by atoms with E-state index in [1.807, 2.05) is 30.3 Å². The molecule has 5 heteroatoms. The van der Waals surface area contributed by atoms with Crippen molar-refractivity contribution in [1.29, 1.82) is 0 Å². The highest BCUT2D eigenvalue weighted by molar-refractivity contribution is 5.94. The fourth-order valence-corrected chi connectivity index (χ4v) is 2.95. The lowest BCUT2D eigenvalue weighted by molar-refractivity contribution is -0.129. The number of carboxylic acids is 1. The Morgan fingerprint density at radius 1 is 1.04 bits per heavy atom. The molecule has 1 fully saturated rings. The number of carbonyl (C=O) groups excluding carboxylic acids is 1. The summed E-state index contributed by atoms with van der Waals surface area (Å²) in [5, 5.41) is 11.8. The van der Waals surface area contributed by atoms with Gasteiger partial charge in [0.2, 0.25) is 5.91 Å². The van der Waals surface area contributed by atoms with Crippen LogP contribution >= 0.6 is 0 Å². The number of carbonyl (C=O) groups is 2. The van der Waals surface area contributed by atoms with E-state index in [1.54, 1.807) is 12.1 Å². The number of benzene rings is 2. The lowest BCUT2D eigenvalue weighted by atomic mass is 9.88. The van der Waals surface area contributed by atoms with Gasteiger partial charge < -0.3 is 15.2 Å². The summed E-state index contributed by atoms with van der Waals surface area (Å²) in [6.07, 6.45) is 1.36. The SMILES string of the molecule is O=C(O)c1ccc(NC(=O)C2CCCOC2c2ccccc2)cc1. The van der Waals surface area contributed by atoms with Crippen LogP contribution in [0.4, 0.5) is 5.69 Å². The first kappa shape index (κ1) is 16.2. The lowest BCUT2D eigenvalue weighted by Gasteiger charge is -2.31. The van der Waals surface area contributed by atoms with Crippen LogP contribution in [-0.4, -0.2) is 23.6 Å².